The molecular formula is C14H16N2O4S. The molecule has 0 aromatic carbocycles. The Kier molecular flexibility index (Phi) is 4.74. The molecule has 0 radical (unpaired) electrons. The second kappa shape index (κ2) is 6.53. The third kappa shape index (κ3) is 3.91. The lowest BCUT2D eigenvalue weighted by Crippen LogP contribution is -2.41. The van der Waals surface area contributed by atoms with Gasteiger partial charge in [0.2, 0.25) is 5.91 Å². The molecule has 2 aromatic heterocycles. The molecule has 0 saturated heterocycles. The molecular weight excluding hydrogens is 292 g/mol. The molecule has 0 saturated carbocycles. The Labute approximate surface area is 126 Å². The zero-order valence-electron chi connectivity index (χ0n) is 11.8. The van der Waals surface area contributed by atoms with Gasteiger partial charge in [0, 0.05) is 17.0 Å². The topological polar surface area (TPSA) is 83.6 Å². The molecule has 0 aliphatic rings. The zero-order chi connectivity index (χ0) is 15.4. The van der Waals surface area contributed by atoms with Gasteiger partial charge >= 0.3 is 5.97 Å². The van der Waals surface area contributed by atoms with Gasteiger partial charge in [-0.1, -0.05) is 0 Å². The second-order valence-corrected chi connectivity index (χ2v) is 5.70. The summed E-state index contributed by atoms with van der Waals surface area (Å²) in [5.74, 6) is -1.26. The van der Waals surface area contributed by atoms with Crippen LogP contribution in [0.4, 0.5) is 0 Å². The van der Waals surface area contributed by atoms with Crippen LogP contribution in [0.2, 0.25) is 0 Å². The van der Waals surface area contributed by atoms with Crippen LogP contribution in [-0.2, 0) is 16.0 Å². The molecule has 0 bridgehead atoms. The van der Waals surface area contributed by atoms with Crippen molar-refractivity contribution in [3.63, 3.8) is 0 Å². The summed E-state index contributed by atoms with van der Waals surface area (Å²) >= 11 is 1.43. The van der Waals surface area contributed by atoms with E-state index >= 15 is 0 Å². The van der Waals surface area contributed by atoms with Crippen LogP contribution < -0.4 is 0 Å². The molecule has 7 heteroatoms. The van der Waals surface area contributed by atoms with Crippen molar-refractivity contribution in [3.05, 3.63) is 29.7 Å². The minimum absolute atomic E-state index is 0.0970. The van der Waals surface area contributed by atoms with Crippen molar-refractivity contribution in [2.75, 3.05) is 6.54 Å². The van der Waals surface area contributed by atoms with Crippen molar-refractivity contribution in [1.29, 1.82) is 0 Å². The van der Waals surface area contributed by atoms with Gasteiger partial charge in [-0.05, 0) is 19.9 Å². The Balaban J connectivity index is 2.06. The zero-order valence-corrected chi connectivity index (χ0v) is 12.6. The van der Waals surface area contributed by atoms with E-state index in [0.717, 1.165) is 10.6 Å². The first-order valence-electron chi connectivity index (χ1n) is 6.45. The van der Waals surface area contributed by atoms with Crippen LogP contribution in [0.1, 0.15) is 19.5 Å². The molecule has 0 atom stereocenters. The Morgan fingerprint density at radius 2 is 2.24 bits per heavy atom. The van der Waals surface area contributed by atoms with Crippen LogP contribution in [0.15, 0.2) is 28.4 Å². The lowest BCUT2D eigenvalue weighted by molar-refractivity contribution is -0.145. The molecule has 2 rings (SSSR count). The van der Waals surface area contributed by atoms with Crippen LogP contribution in [0.5, 0.6) is 0 Å². The fourth-order valence-electron chi connectivity index (χ4n) is 1.87. The summed E-state index contributed by atoms with van der Waals surface area (Å²) in [7, 11) is 0. The highest BCUT2D eigenvalue weighted by molar-refractivity contribution is 7.13. The van der Waals surface area contributed by atoms with E-state index in [1.54, 1.807) is 37.8 Å². The van der Waals surface area contributed by atoms with E-state index in [1.807, 2.05) is 0 Å². The van der Waals surface area contributed by atoms with Crippen molar-refractivity contribution in [1.82, 2.24) is 9.88 Å². The van der Waals surface area contributed by atoms with E-state index in [4.69, 9.17) is 9.52 Å². The summed E-state index contributed by atoms with van der Waals surface area (Å²) in [5, 5.41) is 11.4. The SMILES string of the molecule is CC(C)N(CC(=O)O)C(=O)Cc1csc(-c2ccoc2)n1. The number of hydrogen-bond acceptors (Lipinski definition) is 5. The van der Waals surface area contributed by atoms with Crippen LogP contribution in [0, 0.1) is 0 Å². The first-order chi connectivity index (χ1) is 9.97. The maximum Gasteiger partial charge on any atom is 0.323 e. The van der Waals surface area contributed by atoms with Crippen molar-refractivity contribution < 1.29 is 19.1 Å². The van der Waals surface area contributed by atoms with Gasteiger partial charge in [0.1, 0.15) is 17.8 Å². The first kappa shape index (κ1) is 15.2. The molecule has 2 heterocycles. The number of aromatic nitrogens is 1. The van der Waals surface area contributed by atoms with E-state index < -0.39 is 5.97 Å². The standard InChI is InChI=1S/C14H16N2O4S/c1-9(2)16(6-13(18)19)12(17)5-11-8-21-14(15-11)10-3-4-20-7-10/h3-4,7-9H,5-6H2,1-2H3,(H,18,19). The van der Waals surface area contributed by atoms with Crippen molar-refractivity contribution in [2.45, 2.75) is 26.3 Å². The number of carboxylic acid groups (broad SMARTS) is 1. The quantitative estimate of drug-likeness (QED) is 0.885. The van der Waals surface area contributed by atoms with Crippen LogP contribution in [0.25, 0.3) is 10.6 Å². The summed E-state index contributed by atoms with van der Waals surface area (Å²) in [5.41, 5.74) is 1.50. The molecule has 1 amide bonds. The average Bonchev–Trinajstić information content (AvgIpc) is 3.05. The van der Waals surface area contributed by atoms with Gasteiger partial charge in [-0.2, -0.15) is 0 Å². The van der Waals surface area contributed by atoms with Gasteiger partial charge in [0.05, 0.1) is 18.4 Å². The number of aliphatic carboxylic acids is 1. The lowest BCUT2D eigenvalue weighted by Gasteiger charge is -2.24. The van der Waals surface area contributed by atoms with E-state index in [2.05, 4.69) is 4.98 Å². The number of carbonyl (C=O) groups excluding carboxylic acids is 1. The number of amides is 1. The summed E-state index contributed by atoms with van der Waals surface area (Å²) in [4.78, 5) is 28.7. The van der Waals surface area contributed by atoms with E-state index in [-0.39, 0.29) is 24.9 Å². The van der Waals surface area contributed by atoms with Gasteiger partial charge in [0.25, 0.3) is 0 Å². The predicted octanol–water partition coefficient (Wildman–Crippen LogP) is 2.27. The fourth-order valence-corrected chi connectivity index (χ4v) is 2.67. The van der Waals surface area contributed by atoms with Gasteiger partial charge in [-0.15, -0.1) is 11.3 Å². The van der Waals surface area contributed by atoms with Crippen LogP contribution >= 0.6 is 11.3 Å². The molecule has 0 unspecified atom stereocenters. The lowest BCUT2D eigenvalue weighted by atomic mass is 10.2. The Morgan fingerprint density at radius 3 is 2.81 bits per heavy atom. The predicted molar refractivity (Wildman–Crippen MR) is 78.0 cm³/mol. The highest BCUT2D eigenvalue weighted by Crippen LogP contribution is 2.24. The fraction of sp³-hybridized carbons (Fsp3) is 0.357. The largest absolute Gasteiger partial charge is 0.480 e. The highest BCUT2D eigenvalue weighted by Gasteiger charge is 2.21. The number of nitrogens with zero attached hydrogens (tertiary/aromatic N) is 2. The monoisotopic (exact) mass is 308 g/mol. The van der Waals surface area contributed by atoms with Crippen molar-refractivity contribution >= 4 is 23.2 Å². The van der Waals surface area contributed by atoms with Gasteiger partial charge in [-0.3, -0.25) is 9.59 Å². The van der Waals surface area contributed by atoms with E-state index in [1.165, 1.54) is 16.2 Å². The molecule has 0 aliphatic heterocycles. The molecule has 0 spiro atoms. The summed E-state index contributed by atoms with van der Waals surface area (Å²) in [6, 6.07) is 1.63. The van der Waals surface area contributed by atoms with Gasteiger partial charge in [0.15, 0.2) is 0 Å². The van der Waals surface area contributed by atoms with Crippen molar-refractivity contribution in [3.8, 4) is 10.6 Å². The van der Waals surface area contributed by atoms with Crippen LogP contribution in [0.3, 0.4) is 0 Å². The number of hydrogen-bond donors (Lipinski definition) is 1. The van der Waals surface area contributed by atoms with Gasteiger partial charge < -0.3 is 14.4 Å². The van der Waals surface area contributed by atoms with E-state index in [0.29, 0.717) is 5.69 Å². The highest BCUT2D eigenvalue weighted by atomic mass is 32.1. The molecule has 112 valence electrons. The third-order valence-electron chi connectivity index (χ3n) is 2.90. The third-order valence-corrected chi connectivity index (χ3v) is 3.84. The van der Waals surface area contributed by atoms with Gasteiger partial charge in [-0.25, -0.2) is 4.98 Å². The number of thiazole rings is 1. The first-order valence-corrected chi connectivity index (χ1v) is 7.33. The molecule has 21 heavy (non-hydrogen) atoms. The van der Waals surface area contributed by atoms with E-state index in [9.17, 15) is 9.59 Å². The summed E-state index contributed by atoms with van der Waals surface area (Å²) < 4.78 is 5.00. The Bertz CT molecular complexity index is 619. The molecule has 6 nitrogen and oxygen atoms in total. The van der Waals surface area contributed by atoms with Crippen molar-refractivity contribution in [2.24, 2.45) is 0 Å². The molecule has 0 fully saturated rings. The smallest absolute Gasteiger partial charge is 0.323 e. The Hall–Kier alpha value is -2.15. The molecule has 0 aliphatic carbocycles. The number of carbonyl (C=O) groups is 2. The minimum Gasteiger partial charge on any atom is -0.480 e. The number of rotatable bonds is 6. The maximum atomic E-state index is 12.2. The summed E-state index contributed by atoms with van der Waals surface area (Å²) in [6.45, 7) is 3.28. The molecule has 2 aromatic rings. The Morgan fingerprint density at radius 1 is 1.48 bits per heavy atom. The maximum absolute atomic E-state index is 12.2. The second-order valence-electron chi connectivity index (χ2n) is 4.84. The molecule has 1 N–H and O–H groups in total. The number of furan rings is 1. The minimum atomic E-state index is -1.02. The van der Waals surface area contributed by atoms with Crippen LogP contribution in [-0.4, -0.2) is 39.5 Å². The average molecular weight is 308 g/mol. The summed E-state index contributed by atoms with van der Waals surface area (Å²) in [6.07, 6.45) is 3.25. The normalized spacial score (nSPS) is 10.8. The number of carboxylic acids is 1.